The van der Waals surface area contributed by atoms with Gasteiger partial charge in [0.1, 0.15) is 5.82 Å². The predicted octanol–water partition coefficient (Wildman–Crippen LogP) is 0.589. The van der Waals surface area contributed by atoms with Crippen LogP contribution in [0.15, 0.2) is 24.5 Å². The van der Waals surface area contributed by atoms with Gasteiger partial charge in [0.2, 0.25) is 5.91 Å². The van der Waals surface area contributed by atoms with Crippen molar-refractivity contribution in [3.8, 4) is 0 Å². The van der Waals surface area contributed by atoms with Crippen molar-refractivity contribution in [3.05, 3.63) is 41.3 Å². The van der Waals surface area contributed by atoms with E-state index in [2.05, 4.69) is 10.00 Å². The maximum Gasteiger partial charge on any atom is 0.341 e. The Morgan fingerprint density at radius 3 is 2.65 bits per heavy atom. The second-order valence-electron chi connectivity index (χ2n) is 6.99. The SMILES string of the molecule is COC(=O)c1cnn(Cc2ccc(N3CC4C(C3)C4C(N)=O)nc2C)c1. The van der Waals surface area contributed by atoms with Gasteiger partial charge in [-0.3, -0.25) is 9.48 Å². The average molecular weight is 355 g/mol. The molecule has 8 nitrogen and oxygen atoms in total. The Hall–Kier alpha value is -2.90. The molecule has 2 aromatic rings. The number of nitrogens with zero attached hydrogens (tertiary/aromatic N) is 4. The Morgan fingerprint density at radius 1 is 1.31 bits per heavy atom. The standard InChI is InChI=1S/C18H21N5O3/c1-10-11(6-23-7-12(5-20-23)18(25)26-2)3-4-15(21-10)22-8-13-14(9-22)16(13)17(19)24/h3-5,7,13-14,16H,6,8-9H2,1-2H3,(H2,19,24). The first kappa shape index (κ1) is 16.6. The van der Waals surface area contributed by atoms with E-state index in [0.29, 0.717) is 23.9 Å². The minimum absolute atomic E-state index is 0.0513. The van der Waals surface area contributed by atoms with E-state index in [4.69, 9.17) is 15.5 Å². The summed E-state index contributed by atoms with van der Waals surface area (Å²) in [6, 6.07) is 4.03. The summed E-state index contributed by atoms with van der Waals surface area (Å²) in [7, 11) is 1.35. The third-order valence-electron chi connectivity index (χ3n) is 5.41. The molecular weight excluding hydrogens is 334 g/mol. The maximum atomic E-state index is 11.5. The molecule has 2 aromatic heterocycles. The zero-order valence-electron chi connectivity index (χ0n) is 14.8. The quantitative estimate of drug-likeness (QED) is 0.788. The minimum Gasteiger partial charge on any atom is -0.465 e. The highest BCUT2D eigenvalue weighted by molar-refractivity contribution is 5.88. The molecule has 2 aliphatic rings. The third-order valence-corrected chi connectivity index (χ3v) is 5.41. The molecule has 26 heavy (non-hydrogen) atoms. The van der Waals surface area contributed by atoms with Crippen LogP contribution in [0, 0.1) is 24.7 Å². The van der Waals surface area contributed by atoms with Crippen LogP contribution in [0.5, 0.6) is 0 Å². The Balaban J connectivity index is 1.43. The van der Waals surface area contributed by atoms with Crippen molar-refractivity contribution in [1.29, 1.82) is 0 Å². The molecule has 3 heterocycles. The molecule has 2 atom stereocenters. The van der Waals surface area contributed by atoms with Crippen LogP contribution in [0.2, 0.25) is 0 Å². The lowest BCUT2D eigenvalue weighted by Crippen LogP contribution is -2.29. The lowest BCUT2D eigenvalue weighted by Gasteiger charge is -2.21. The number of methoxy groups -OCH3 is 1. The third kappa shape index (κ3) is 2.81. The molecule has 8 heteroatoms. The van der Waals surface area contributed by atoms with E-state index in [1.54, 1.807) is 10.9 Å². The minimum atomic E-state index is -0.400. The Morgan fingerprint density at radius 2 is 2.04 bits per heavy atom. The highest BCUT2D eigenvalue weighted by Gasteiger charge is 2.58. The highest BCUT2D eigenvalue weighted by Crippen LogP contribution is 2.52. The fraction of sp³-hybridized carbons (Fsp3) is 0.444. The Kier molecular flexibility index (Phi) is 3.90. The van der Waals surface area contributed by atoms with Gasteiger partial charge in [-0.25, -0.2) is 9.78 Å². The maximum absolute atomic E-state index is 11.5. The van der Waals surface area contributed by atoms with Gasteiger partial charge in [0.15, 0.2) is 0 Å². The summed E-state index contributed by atoms with van der Waals surface area (Å²) in [5, 5.41) is 4.20. The largest absolute Gasteiger partial charge is 0.465 e. The number of pyridine rings is 1. The summed E-state index contributed by atoms with van der Waals surface area (Å²) < 4.78 is 6.38. The molecule has 0 aromatic carbocycles. The van der Waals surface area contributed by atoms with E-state index in [-0.39, 0.29) is 11.8 Å². The fourth-order valence-electron chi connectivity index (χ4n) is 3.90. The molecule has 136 valence electrons. The number of hydrogen-bond donors (Lipinski definition) is 1. The molecule has 1 aliphatic heterocycles. The zero-order chi connectivity index (χ0) is 18.4. The van der Waals surface area contributed by atoms with Crippen molar-refractivity contribution in [3.63, 3.8) is 0 Å². The molecular formula is C18H21N5O3. The molecule has 4 rings (SSSR count). The van der Waals surface area contributed by atoms with Gasteiger partial charge in [-0.1, -0.05) is 6.07 Å². The topological polar surface area (TPSA) is 103 Å². The van der Waals surface area contributed by atoms with Gasteiger partial charge in [0.25, 0.3) is 0 Å². The normalized spacial score (nSPS) is 23.6. The molecule has 2 unspecified atom stereocenters. The number of anilines is 1. The summed E-state index contributed by atoms with van der Waals surface area (Å²) in [6.07, 6.45) is 3.16. The van der Waals surface area contributed by atoms with Crippen molar-refractivity contribution in [2.45, 2.75) is 13.5 Å². The Labute approximate surface area is 150 Å². The smallest absolute Gasteiger partial charge is 0.341 e. The summed E-state index contributed by atoms with van der Waals surface area (Å²) in [5.74, 6) is 1.17. The first-order valence-electron chi connectivity index (χ1n) is 8.59. The number of rotatable bonds is 5. The van der Waals surface area contributed by atoms with Crippen LogP contribution in [0.1, 0.15) is 21.6 Å². The molecule has 1 amide bonds. The summed E-state index contributed by atoms with van der Waals surface area (Å²) in [6.45, 7) is 4.18. The van der Waals surface area contributed by atoms with Crippen LogP contribution >= 0.6 is 0 Å². The number of carbonyl (C=O) groups is 2. The van der Waals surface area contributed by atoms with E-state index < -0.39 is 5.97 Å². The van der Waals surface area contributed by atoms with Crippen LogP contribution in [0.25, 0.3) is 0 Å². The fourth-order valence-corrected chi connectivity index (χ4v) is 3.90. The number of carbonyl (C=O) groups excluding carboxylic acids is 2. The van der Waals surface area contributed by atoms with E-state index in [9.17, 15) is 9.59 Å². The molecule has 0 bridgehead atoms. The van der Waals surface area contributed by atoms with Crippen molar-refractivity contribution >= 4 is 17.7 Å². The van der Waals surface area contributed by atoms with Gasteiger partial charge in [0.05, 0.1) is 25.4 Å². The van der Waals surface area contributed by atoms with E-state index in [0.717, 1.165) is 30.2 Å². The van der Waals surface area contributed by atoms with Gasteiger partial charge in [0, 0.05) is 30.9 Å². The molecule has 2 N–H and O–H groups in total. The van der Waals surface area contributed by atoms with Gasteiger partial charge < -0.3 is 15.4 Å². The monoisotopic (exact) mass is 355 g/mol. The number of amides is 1. The number of fused-ring (bicyclic) bond motifs is 1. The Bertz CT molecular complexity index is 865. The van der Waals surface area contributed by atoms with Crippen LogP contribution < -0.4 is 10.6 Å². The molecule has 0 radical (unpaired) electrons. The molecule has 0 spiro atoms. The molecule has 1 saturated heterocycles. The van der Waals surface area contributed by atoms with E-state index in [1.165, 1.54) is 13.3 Å². The highest BCUT2D eigenvalue weighted by atomic mass is 16.5. The molecule has 1 aliphatic carbocycles. The summed E-state index contributed by atoms with van der Waals surface area (Å²) in [5.41, 5.74) is 7.79. The number of primary amides is 1. The van der Waals surface area contributed by atoms with Crippen LogP contribution in [-0.4, -0.2) is 46.8 Å². The first-order chi connectivity index (χ1) is 12.5. The molecule has 1 saturated carbocycles. The van der Waals surface area contributed by atoms with Gasteiger partial charge in [-0.15, -0.1) is 0 Å². The number of nitrogens with two attached hydrogens (primary N) is 1. The van der Waals surface area contributed by atoms with E-state index >= 15 is 0 Å². The van der Waals surface area contributed by atoms with Gasteiger partial charge >= 0.3 is 5.97 Å². The number of piperidine rings is 1. The number of aryl methyl sites for hydroxylation is 1. The van der Waals surface area contributed by atoms with Gasteiger partial charge in [-0.2, -0.15) is 5.10 Å². The number of hydrogen-bond acceptors (Lipinski definition) is 6. The number of ether oxygens (including phenoxy) is 1. The van der Waals surface area contributed by atoms with Crippen LogP contribution in [0.3, 0.4) is 0 Å². The van der Waals surface area contributed by atoms with Crippen LogP contribution in [-0.2, 0) is 16.1 Å². The second kappa shape index (κ2) is 6.12. The second-order valence-corrected chi connectivity index (χ2v) is 6.99. The van der Waals surface area contributed by atoms with Crippen molar-refractivity contribution in [2.24, 2.45) is 23.5 Å². The van der Waals surface area contributed by atoms with E-state index in [1.807, 2.05) is 19.1 Å². The number of esters is 1. The van der Waals surface area contributed by atoms with Crippen molar-refractivity contribution in [1.82, 2.24) is 14.8 Å². The number of aromatic nitrogens is 3. The first-order valence-corrected chi connectivity index (χ1v) is 8.59. The predicted molar refractivity (Wildman–Crippen MR) is 93.5 cm³/mol. The van der Waals surface area contributed by atoms with Gasteiger partial charge in [-0.05, 0) is 30.4 Å². The zero-order valence-corrected chi connectivity index (χ0v) is 14.8. The molecule has 2 fully saturated rings. The lowest BCUT2D eigenvalue weighted by atomic mass is 10.2. The summed E-state index contributed by atoms with van der Waals surface area (Å²) >= 11 is 0. The van der Waals surface area contributed by atoms with Crippen molar-refractivity contribution in [2.75, 3.05) is 25.1 Å². The lowest BCUT2D eigenvalue weighted by molar-refractivity contribution is -0.119. The summed E-state index contributed by atoms with van der Waals surface area (Å²) in [4.78, 5) is 29.7. The van der Waals surface area contributed by atoms with Crippen molar-refractivity contribution < 1.29 is 14.3 Å². The van der Waals surface area contributed by atoms with Crippen LogP contribution in [0.4, 0.5) is 5.82 Å². The average Bonchev–Trinajstić information content (AvgIpc) is 2.98.